The Morgan fingerprint density at radius 2 is 2.04 bits per heavy atom. The van der Waals surface area contributed by atoms with Crippen LogP contribution in [0.15, 0.2) is 53.3 Å². The summed E-state index contributed by atoms with van der Waals surface area (Å²) in [6.45, 7) is 2.43. The van der Waals surface area contributed by atoms with E-state index in [0.717, 1.165) is 12.0 Å². The van der Waals surface area contributed by atoms with E-state index in [9.17, 15) is 9.59 Å². The van der Waals surface area contributed by atoms with Gasteiger partial charge in [-0.15, -0.1) is 0 Å². The van der Waals surface area contributed by atoms with Gasteiger partial charge in [0.1, 0.15) is 12.8 Å². The SMILES string of the molecule is CCCN(CC(=O)Nc1ccon1)C(=O)/C=C/c1ccccc1. The molecule has 2 amide bonds. The predicted octanol–water partition coefficient (Wildman–Crippen LogP) is 2.57. The van der Waals surface area contributed by atoms with Crippen molar-refractivity contribution >= 4 is 23.7 Å². The molecule has 6 nitrogen and oxygen atoms in total. The molecule has 1 aromatic carbocycles. The average molecular weight is 313 g/mol. The molecule has 1 heterocycles. The first-order chi connectivity index (χ1) is 11.2. The number of carbonyl (C=O) groups is 2. The van der Waals surface area contributed by atoms with Crippen LogP contribution in [0.2, 0.25) is 0 Å². The summed E-state index contributed by atoms with van der Waals surface area (Å²) in [6, 6.07) is 11.1. The van der Waals surface area contributed by atoms with Crippen LogP contribution in [-0.4, -0.2) is 35.0 Å². The lowest BCUT2D eigenvalue weighted by Crippen LogP contribution is -2.37. The summed E-state index contributed by atoms with van der Waals surface area (Å²) in [7, 11) is 0. The van der Waals surface area contributed by atoms with E-state index in [1.54, 1.807) is 12.1 Å². The molecule has 1 N–H and O–H groups in total. The Hall–Kier alpha value is -2.89. The van der Waals surface area contributed by atoms with Gasteiger partial charge in [-0.05, 0) is 18.1 Å². The maximum atomic E-state index is 12.3. The number of aromatic nitrogens is 1. The minimum absolute atomic E-state index is 0.0291. The number of benzene rings is 1. The Labute approximate surface area is 134 Å². The molecular formula is C17H19N3O3. The van der Waals surface area contributed by atoms with Gasteiger partial charge in [-0.3, -0.25) is 9.59 Å². The molecule has 0 fully saturated rings. The minimum Gasteiger partial charge on any atom is -0.363 e. The first kappa shape index (κ1) is 16.5. The lowest BCUT2D eigenvalue weighted by atomic mass is 10.2. The van der Waals surface area contributed by atoms with Crippen molar-refractivity contribution in [3.05, 3.63) is 54.3 Å². The number of amides is 2. The van der Waals surface area contributed by atoms with Crippen LogP contribution in [0.25, 0.3) is 6.08 Å². The smallest absolute Gasteiger partial charge is 0.247 e. The maximum Gasteiger partial charge on any atom is 0.247 e. The Balaban J connectivity index is 1.95. The van der Waals surface area contributed by atoms with Gasteiger partial charge in [0.05, 0.1) is 0 Å². The highest BCUT2D eigenvalue weighted by atomic mass is 16.5. The molecule has 23 heavy (non-hydrogen) atoms. The molecule has 2 rings (SSSR count). The second-order valence-corrected chi connectivity index (χ2v) is 4.94. The molecule has 1 aromatic heterocycles. The Kier molecular flexibility index (Phi) is 6.11. The molecule has 0 spiro atoms. The highest BCUT2D eigenvalue weighted by Crippen LogP contribution is 2.04. The zero-order valence-corrected chi connectivity index (χ0v) is 12.9. The van der Waals surface area contributed by atoms with Crippen LogP contribution < -0.4 is 5.32 Å². The van der Waals surface area contributed by atoms with Gasteiger partial charge in [-0.2, -0.15) is 0 Å². The highest BCUT2D eigenvalue weighted by molar-refractivity contribution is 5.97. The van der Waals surface area contributed by atoms with Crippen molar-refractivity contribution in [3.63, 3.8) is 0 Å². The van der Waals surface area contributed by atoms with Crippen LogP contribution in [-0.2, 0) is 9.59 Å². The van der Waals surface area contributed by atoms with Gasteiger partial charge in [-0.25, -0.2) is 0 Å². The Bertz CT molecular complexity index is 651. The highest BCUT2D eigenvalue weighted by Gasteiger charge is 2.15. The Morgan fingerprint density at radius 3 is 2.70 bits per heavy atom. The van der Waals surface area contributed by atoms with E-state index >= 15 is 0 Å². The van der Waals surface area contributed by atoms with E-state index in [2.05, 4.69) is 15.0 Å². The van der Waals surface area contributed by atoms with Gasteiger partial charge in [0.25, 0.3) is 0 Å². The second kappa shape index (κ2) is 8.53. The number of carbonyl (C=O) groups excluding carboxylic acids is 2. The number of rotatable bonds is 7. The topological polar surface area (TPSA) is 75.4 Å². The molecular weight excluding hydrogens is 294 g/mol. The third-order valence-corrected chi connectivity index (χ3v) is 3.06. The fourth-order valence-corrected chi connectivity index (χ4v) is 2.01. The fourth-order valence-electron chi connectivity index (χ4n) is 2.01. The summed E-state index contributed by atoms with van der Waals surface area (Å²) in [5.41, 5.74) is 0.935. The third kappa shape index (κ3) is 5.43. The number of anilines is 1. The van der Waals surface area contributed by atoms with E-state index in [1.807, 2.05) is 37.3 Å². The molecule has 0 atom stereocenters. The number of hydrogen-bond acceptors (Lipinski definition) is 4. The summed E-state index contributed by atoms with van der Waals surface area (Å²) in [5.74, 6) is -0.182. The zero-order chi connectivity index (χ0) is 16.5. The van der Waals surface area contributed by atoms with Gasteiger partial charge in [0.2, 0.25) is 11.8 Å². The lowest BCUT2D eigenvalue weighted by molar-refractivity contribution is -0.130. The molecule has 0 aliphatic rings. The van der Waals surface area contributed by atoms with Crippen LogP contribution in [0.4, 0.5) is 5.82 Å². The molecule has 2 aromatic rings. The maximum absolute atomic E-state index is 12.3. The summed E-state index contributed by atoms with van der Waals surface area (Å²) in [5, 5.41) is 6.18. The number of hydrogen-bond donors (Lipinski definition) is 1. The molecule has 0 saturated heterocycles. The van der Waals surface area contributed by atoms with Gasteiger partial charge < -0.3 is 14.7 Å². The molecule has 0 aliphatic carbocycles. The van der Waals surface area contributed by atoms with Crippen molar-refractivity contribution in [2.45, 2.75) is 13.3 Å². The van der Waals surface area contributed by atoms with Gasteiger partial charge >= 0.3 is 0 Å². The molecule has 120 valence electrons. The summed E-state index contributed by atoms with van der Waals surface area (Å²) in [4.78, 5) is 25.7. The monoisotopic (exact) mass is 313 g/mol. The van der Waals surface area contributed by atoms with Crippen LogP contribution >= 0.6 is 0 Å². The van der Waals surface area contributed by atoms with Crippen molar-refractivity contribution in [1.29, 1.82) is 0 Å². The summed E-state index contributed by atoms with van der Waals surface area (Å²) < 4.78 is 4.65. The van der Waals surface area contributed by atoms with Crippen molar-refractivity contribution < 1.29 is 14.1 Å². The van der Waals surface area contributed by atoms with Crippen molar-refractivity contribution in [2.24, 2.45) is 0 Å². The molecule has 0 unspecified atom stereocenters. The molecule has 0 bridgehead atoms. The standard InChI is InChI=1S/C17H19N3O3/c1-2-11-20(13-16(21)18-15-10-12-23-19-15)17(22)9-8-14-6-4-3-5-7-14/h3-10,12H,2,11,13H2,1H3,(H,18,19,21)/b9-8+. The van der Waals surface area contributed by atoms with Gasteiger partial charge in [-0.1, -0.05) is 42.4 Å². The summed E-state index contributed by atoms with van der Waals surface area (Å²) in [6.07, 6.45) is 5.35. The van der Waals surface area contributed by atoms with Crippen molar-refractivity contribution in [1.82, 2.24) is 10.1 Å². The van der Waals surface area contributed by atoms with E-state index < -0.39 is 0 Å². The van der Waals surface area contributed by atoms with E-state index in [-0.39, 0.29) is 18.4 Å². The molecule has 0 radical (unpaired) electrons. The largest absolute Gasteiger partial charge is 0.363 e. The van der Waals surface area contributed by atoms with Gasteiger partial charge in [0, 0.05) is 18.7 Å². The van der Waals surface area contributed by atoms with E-state index in [0.29, 0.717) is 12.4 Å². The number of nitrogens with one attached hydrogen (secondary N) is 1. The van der Waals surface area contributed by atoms with Gasteiger partial charge in [0.15, 0.2) is 5.82 Å². The first-order valence-electron chi connectivity index (χ1n) is 7.41. The van der Waals surface area contributed by atoms with Crippen molar-refractivity contribution in [3.8, 4) is 0 Å². The fraction of sp³-hybridized carbons (Fsp3) is 0.235. The van der Waals surface area contributed by atoms with Crippen LogP contribution in [0.5, 0.6) is 0 Å². The minimum atomic E-state index is -0.311. The molecule has 0 saturated carbocycles. The molecule has 6 heteroatoms. The van der Waals surface area contributed by atoms with Crippen LogP contribution in [0.1, 0.15) is 18.9 Å². The zero-order valence-electron chi connectivity index (χ0n) is 12.9. The number of nitrogens with zero attached hydrogens (tertiary/aromatic N) is 2. The third-order valence-electron chi connectivity index (χ3n) is 3.06. The normalized spacial score (nSPS) is 10.7. The summed E-state index contributed by atoms with van der Waals surface area (Å²) >= 11 is 0. The quantitative estimate of drug-likeness (QED) is 0.797. The second-order valence-electron chi connectivity index (χ2n) is 4.94. The average Bonchev–Trinajstić information content (AvgIpc) is 3.06. The predicted molar refractivity (Wildman–Crippen MR) is 87.5 cm³/mol. The Morgan fingerprint density at radius 1 is 1.26 bits per heavy atom. The molecule has 0 aliphatic heterocycles. The van der Waals surface area contributed by atoms with Crippen molar-refractivity contribution in [2.75, 3.05) is 18.4 Å². The van der Waals surface area contributed by atoms with E-state index in [1.165, 1.54) is 17.2 Å². The lowest BCUT2D eigenvalue weighted by Gasteiger charge is -2.19. The van der Waals surface area contributed by atoms with E-state index in [4.69, 9.17) is 0 Å². The van der Waals surface area contributed by atoms with Crippen LogP contribution in [0.3, 0.4) is 0 Å². The first-order valence-corrected chi connectivity index (χ1v) is 7.41. The van der Waals surface area contributed by atoms with Crippen LogP contribution in [0, 0.1) is 0 Å².